The number of hydrogen-bond acceptors (Lipinski definition) is 6. The van der Waals surface area contributed by atoms with Crippen LogP contribution in [-0.4, -0.2) is 50.3 Å². The average Bonchev–Trinajstić information content (AvgIpc) is 2.53. The Morgan fingerprint density at radius 1 is 1.62 bits per heavy atom. The van der Waals surface area contributed by atoms with Gasteiger partial charge in [-0.2, -0.15) is 4.98 Å². The van der Waals surface area contributed by atoms with Gasteiger partial charge in [0.05, 0.1) is 25.5 Å². The van der Waals surface area contributed by atoms with Gasteiger partial charge in [-0.1, -0.05) is 6.92 Å². The second-order valence-corrected chi connectivity index (χ2v) is 4.81. The molecule has 1 unspecified atom stereocenters. The lowest BCUT2D eigenvalue weighted by atomic mass is 10.2. The third kappa shape index (κ3) is 3.55. The van der Waals surface area contributed by atoms with Crippen molar-refractivity contribution in [3.63, 3.8) is 0 Å². The highest BCUT2D eigenvalue weighted by Gasteiger charge is 2.30. The number of hydrogen-bond donors (Lipinski definition) is 2. The topological polar surface area (TPSA) is 89.7 Å². The molecule has 116 valence electrons. The second kappa shape index (κ2) is 7.12. The summed E-state index contributed by atoms with van der Waals surface area (Å²) in [7, 11) is 1.61. The highest BCUT2D eigenvalue weighted by atomic mass is 16.5. The number of nitrogens with zero attached hydrogens (tertiary/aromatic N) is 2. The number of morpholine rings is 1. The Balaban J connectivity index is 2.23. The predicted octanol–water partition coefficient (Wildman–Crippen LogP) is 0.404. The van der Waals surface area contributed by atoms with E-state index in [-0.39, 0.29) is 11.9 Å². The number of aromatic nitrogens is 1. The Hall–Kier alpha value is -2.02. The Morgan fingerprint density at radius 3 is 3.14 bits per heavy atom. The van der Waals surface area contributed by atoms with Crippen LogP contribution < -0.4 is 20.7 Å². The molecule has 1 aromatic heterocycles. The maximum absolute atomic E-state index is 12.0. The first-order chi connectivity index (χ1) is 10.2. The summed E-state index contributed by atoms with van der Waals surface area (Å²) < 4.78 is 10.9. The minimum Gasteiger partial charge on any atom is -0.476 e. The van der Waals surface area contributed by atoms with Crippen molar-refractivity contribution in [2.75, 3.05) is 44.0 Å². The van der Waals surface area contributed by atoms with Crippen molar-refractivity contribution in [1.29, 1.82) is 0 Å². The van der Waals surface area contributed by atoms with Gasteiger partial charge < -0.3 is 25.4 Å². The third-order valence-corrected chi connectivity index (χ3v) is 3.29. The predicted molar refractivity (Wildman–Crippen MR) is 80.5 cm³/mol. The van der Waals surface area contributed by atoms with Gasteiger partial charge in [-0.25, -0.2) is 0 Å². The van der Waals surface area contributed by atoms with Crippen LogP contribution in [0, 0.1) is 0 Å². The fraction of sp³-hybridized carbons (Fsp3) is 0.571. The summed E-state index contributed by atoms with van der Waals surface area (Å²) >= 11 is 0. The molecule has 1 amide bonds. The average molecular weight is 294 g/mol. The summed E-state index contributed by atoms with van der Waals surface area (Å²) in [5.74, 6) is 0.994. The molecule has 2 rings (SSSR count). The Bertz CT molecular complexity index is 495. The molecule has 0 spiro atoms. The number of nitrogens with two attached hydrogens (primary N) is 1. The monoisotopic (exact) mass is 294 g/mol. The van der Waals surface area contributed by atoms with Crippen molar-refractivity contribution in [1.82, 2.24) is 10.3 Å². The highest BCUT2D eigenvalue weighted by molar-refractivity contribution is 5.85. The molecule has 0 bridgehead atoms. The van der Waals surface area contributed by atoms with Gasteiger partial charge in [-0.15, -0.1) is 0 Å². The van der Waals surface area contributed by atoms with E-state index in [9.17, 15) is 4.79 Å². The number of likely N-dealkylation sites (N-methyl/N-ethyl adjacent to an activating group) is 1. The molecule has 0 aliphatic carbocycles. The number of anilines is 2. The number of ether oxygens (including phenoxy) is 2. The lowest BCUT2D eigenvalue weighted by Crippen LogP contribution is -2.53. The SMILES string of the molecule is CCCOc1nc(N2CCOCC2C(=O)NC)ccc1N. The molecule has 1 aromatic rings. The number of rotatable bonds is 5. The van der Waals surface area contributed by atoms with E-state index < -0.39 is 0 Å². The molecule has 7 heteroatoms. The molecule has 1 atom stereocenters. The van der Waals surface area contributed by atoms with Crippen molar-refractivity contribution in [2.24, 2.45) is 0 Å². The summed E-state index contributed by atoms with van der Waals surface area (Å²) in [5, 5.41) is 2.65. The van der Waals surface area contributed by atoms with Gasteiger partial charge in [0.1, 0.15) is 11.9 Å². The van der Waals surface area contributed by atoms with Crippen molar-refractivity contribution < 1.29 is 14.3 Å². The van der Waals surface area contributed by atoms with Crippen LogP contribution in [0.1, 0.15) is 13.3 Å². The largest absolute Gasteiger partial charge is 0.476 e. The molecule has 21 heavy (non-hydrogen) atoms. The lowest BCUT2D eigenvalue weighted by molar-refractivity contribution is -0.124. The minimum absolute atomic E-state index is 0.0932. The first-order valence-electron chi connectivity index (χ1n) is 7.12. The van der Waals surface area contributed by atoms with Gasteiger partial charge in [0, 0.05) is 13.6 Å². The zero-order valence-electron chi connectivity index (χ0n) is 12.5. The van der Waals surface area contributed by atoms with E-state index >= 15 is 0 Å². The van der Waals surface area contributed by atoms with Gasteiger partial charge in [0.25, 0.3) is 0 Å². The molecule has 7 nitrogen and oxygen atoms in total. The number of amides is 1. The molecular weight excluding hydrogens is 272 g/mol. The summed E-state index contributed by atoms with van der Waals surface area (Å²) in [6.45, 7) is 4.08. The number of carbonyl (C=O) groups excluding carboxylic acids is 1. The quantitative estimate of drug-likeness (QED) is 0.817. The van der Waals surface area contributed by atoms with Crippen LogP contribution in [0.3, 0.4) is 0 Å². The third-order valence-electron chi connectivity index (χ3n) is 3.29. The van der Waals surface area contributed by atoms with Gasteiger partial charge in [0.2, 0.25) is 11.8 Å². The van der Waals surface area contributed by atoms with Gasteiger partial charge in [-0.3, -0.25) is 4.79 Å². The zero-order valence-corrected chi connectivity index (χ0v) is 12.5. The second-order valence-electron chi connectivity index (χ2n) is 4.81. The van der Waals surface area contributed by atoms with Crippen LogP contribution >= 0.6 is 0 Å². The molecule has 0 saturated carbocycles. The standard InChI is InChI=1S/C14H22N4O3/c1-3-7-21-14-10(15)4-5-12(17-14)18-6-8-20-9-11(18)13(19)16-2/h4-5,11H,3,6-9,15H2,1-2H3,(H,16,19). The zero-order chi connectivity index (χ0) is 15.2. The van der Waals surface area contributed by atoms with E-state index in [4.69, 9.17) is 15.2 Å². The first kappa shape index (κ1) is 15.4. The molecule has 2 heterocycles. The Kier molecular flexibility index (Phi) is 5.21. The van der Waals surface area contributed by atoms with E-state index in [0.717, 1.165) is 6.42 Å². The fourth-order valence-corrected chi connectivity index (χ4v) is 2.18. The van der Waals surface area contributed by atoms with E-state index in [0.29, 0.717) is 43.8 Å². The summed E-state index contributed by atoms with van der Waals surface area (Å²) in [5.41, 5.74) is 6.37. The molecule has 0 aromatic carbocycles. The summed E-state index contributed by atoms with van der Waals surface area (Å²) in [4.78, 5) is 18.3. The van der Waals surface area contributed by atoms with E-state index in [1.54, 1.807) is 19.2 Å². The molecule has 1 fully saturated rings. The minimum atomic E-state index is -0.390. The highest BCUT2D eigenvalue weighted by Crippen LogP contribution is 2.25. The van der Waals surface area contributed by atoms with Crippen LogP contribution in [0.25, 0.3) is 0 Å². The number of nitrogens with one attached hydrogen (secondary N) is 1. The van der Waals surface area contributed by atoms with Crippen LogP contribution in [-0.2, 0) is 9.53 Å². The van der Waals surface area contributed by atoms with Crippen LogP contribution in [0.2, 0.25) is 0 Å². The van der Waals surface area contributed by atoms with Crippen LogP contribution in [0.5, 0.6) is 5.88 Å². The van der Waals surface area contributed by atoms with Crippen LogP contribution in [0.4, 0.5) is 11.5 Å². The lowest BCUT2D eigenvalue weighted by Gasteiger charge is -2.35. The molecule has 1 saturated heterocycles. The number of nitrogen functional groups attached to an aromatic ring is 1. The van der Waals surface area contributed by atoms with E-state index in [2.05, 4.69) is 10.3 Å². The first-order valence-corrected chi connectivity index (χ1v) is 7.12. The van der Waals surface area contributed by atoms with Gasteiger partial charge in [-0.05, 0) is 18.6 Å². The molecule has 1 aliphatic rings. The Labute approximate surface area is 124 Å². The number of carbonyl (C=O) groups is 1. The maximum atomic E-state index is 12.0. The van der Waals surface area contributed by atoms with Gasteiger partial charge in [0.15, 0.2) is 0 Å². The summed E-state index contributed by atoms with van der Waals surface area (Å²) in [6, 6.07) is 3.16. The molecule has 3 N–H and O–H groups in total. The van der Waals surface area contributed by atoms with Crippen molar-refractivity contribution in [3.8, 4) is 5.88 Å². The molecule has 0 radical (unpaired) electrons. The smallest absolute Gasteiger partial charge is 0.244 e. The summed E-state index contributed by atoms with van der Waals surface area (Å²) in [6.07, 6.45) is 0.879. The van der Waals surface area contributed by atoms with E-state index in [1.165, 1.54) is 0 Å². The molecule has 1 aliphatic heterocycles. The number of pyridine rings is 1. The van der Waals surface area contributed by atoms with Crippen molar-refractivity contribution in [2.45, 2.75) is 19.4 Å². The molecular formula is C14H22N4O3. The van der Waals surface area contributed by atoms with Gasteiger partial charge >= 0.3 is 0 Å². The van der Waals surface area contributed by atoms with E-state index in [1.807, 2.05) is 11.8 Å². The van der Waals surface area contributed by atoms with Crippen molar-refractivity contribution >= 4 is 17.4 Å². The van der Waals surface area contributed by atoms with Crippen molar-refractivity contribution in [3.05, 3.63) is 12.1 Å². The normalized spacial score (nSPS) is 18.4. The van der Waals surface area contributed by atoms with Crippen LogP contribution in [0.15, 0.2) is 12.1 Å². The fourth-order valence-electron chi connectivity index (χ4n) is 2.18. The maximum Gasteiger partial charge on any atom is 0.244 e. The Morgan fingerprint density at radius 2 is 2.43 bits per heavy atom.